The average molecular weight is 214 g/mol. The highest BCUT2D eigenvalue weighted by Crippen LogP contribution is 2.22. The van der Waals surface area contributed by atoms with Crippen LogP contribution in [0.15, 0.2) is 66.0 Å². The lowest BCUT2D eigenvalue weighted by Crippen LogP contribution is -2.16. The maximum absolute atomic E-state index is 4.21. The van der Waals surface area contributed by atoms with Crippen molar-refractivity contribution in [3.8, 4) is 0 Å². The Hall–Kier alpha value is -1.83. The fraction of sp³-hybridized carbons (Fsp3) is 0.214. The van der Waals surface area contributed by atoms with Crippen LogP contribution in [0.1, 0.15) is 12.8 Å². The van der Waals surface area contributed by atoms with Crippen LogP contribution in [0, 0.1) is 0 Å². The molecular formula is C14H18N2. The first-order valence-corrected chi connectivity index (χ1v) is 5.30. The molecule has 0 saturated heterocycles. The van der Waals surface area contributed by atoms with Gasteiger partial charge in [0, 0.05) is 7.05 Å². The minimum atomic E-state index is 0.851. The molecule has 0 aliphatic carbocycles. The van der Waals surface area contributed by atoms with Crippen LogP contribution < -0.4 is 5.32 Å². The highest BCUT2D eigenvalue weighted by molar-refractivity contribution is 6.08. The summed E-state index contributed by atoms with van der Waals surface area (Å²) in [6, 6.07) is 0. The molecule has 2 heteroatoms. The second-order valence-corrected chi connectivity index (χ2v) is 3.48. The Bertz CT molecular complexity index is 395. The summed E-state index contributed by atoms with van der Waals surface area (Å²) in [7, 11) is 1.76. The second kappa shape index (κ2) is 5.91. The Kier molecular flexibility index (Phi) is 4.52. The predicted octanol–water partition coefficient (Wildman–Crippen LogP) is 3.14. The average Bonchev–Trinajstić information content (AvgIpc) is 2.56. The van der Waals surface area contributed by atoms with Gasteiger partial charge in [-0.15, -0.1) is 0 Å². The third-order valence-corrected chi connectivity index (χ3v) is 2.53. The Morgan fingerprint density at radius 1 is 1.44 bits per heavy atom. The van der Waals surface area contributed by atoms with Crippen molar-refractivity contribution in [1.29, 1.82) is 0 Å². The van der Waals surface area contributed by atoms with Crippen molar-refractivity contribution in [2.24, 2.45) is 4.99 Å². The molecule has 0 fully saturated rings. The molecule has 2 nitrogen and oxygen atoms in total. The molecular weight excluding hydrogens is 196 g/mol. The molecule has 1 rings (SSSR count). The van der Waals surface area contributed by atoms with Crippen LogP contribution in [-0.4, -0.2) is 12.8 Å². The van der Waals surface area contributed by atoms with E-state index >= 15 is 0 Å². The summed E-state index contributed by atoms with van der Waals surface area (Å²) in [6.07, 6.45) is 9.49. The molecule has 0 aromatic rings. The minimum Gasteiger partial charge on any atom is -0.360 e. The molecule has 84 valence electrons. The highest BCUT2D eigenvalue weighted by atomic mass is 14.9. The van der Waals surface area contributed by atoms with Crippen LogP contribution in [0.3, 0.4) is 0 Å². The zero-order valence-electron chi connectivity index (χ0n) is 9.79. The van der Waals surface area contributed by atoms with Gasteiger partial charge >= 0.3 is 0 Å². The zero-order valence-corrected chi connectivity index (χ0v) is 9.79. The molecule has 0 amide bonds. The summed E-state index contributed by atoms with van der Waals surface area (Å²) in [4.78, 5) is 4.21. The van der Waals surface area contributed by atoms with Gasteiger partial charge in [-0.3, -0.25) is 4.99 Å². The van der Waals surface area contributed by atoms with Crippen molar-refractivity contribution in [1.82, 2.24) is 5.32 Å². The van der Waals surface area contributed by atoms with E-state index in [4.69, 9.17) is 0 Å². The third-order valence-electron chi connectivity index (χ3n) is 2.53. The van der Waals surface area contributed by atoms with Crippen LogP contribution >= 0.6 is 0 Å². The molecule has 1 aliphatic heterocycles. The lowest BCUT2D eigenvalue weighted by Gasteiger charge is -2.13. The fourth-order valence-electron chi connectivity index (χ4n) is 1.64. The molecule has 0 atom stereocenters. The van der Waals surface area contributed by atoms with Gasteiger partial charge in [-0.1, -0.05) is 31.9 Å². The molecule has 16 heavy (non-hydrogen) atoms. The summed E-state index contributed by atoms with van der Waals surface area (Å²) >= 11 is 0. The van der Waals surface area contributed by atoms with Gasteiger partial charge in [0.25, 0.3) is 0 Å². The van der Waals surface area contributed by atoms with E-state index < -0.39 is 0 Å². The molecule has 1 aliphatic rings. The molecule has 0 aromatic heterocycles. The molecule has 1 N–H and O–H groups in total. The number of aliphatic imine (C=N–C) groups is 1. The van der Waals surface area contributed by atoms with Crippen molar-refractivity contribution < 1.29 is 0 Å². The number of rotatable bonds is 4. The van der Waals surface area contributed by atoms with Crippen molar-refractivity contribution in [2.45, 2.75) is 12.8 Å². The Balaban J connectivity index is 3.23. The van der Waals surface area contributed by atoms with Crippen molar-refractivity contribution in [2.75, 3.05) is 7.05 Å². The van der Waals surface area contributed by atoms with Gasteiger partial charge in [0.1, 0.15) is 0 Å². The van der Waals surface area contributed by atoms with Gasteiger partial charge in [-0.05, 0) is 36.3 Å². The highest BCUT2D eigenvalue weighted by Gasteiger charge is 2.12. The molecule has 0 bridgehead atoms. The first-order chi connectivity index (χ1) is 7.74. The van der Waals surface area contributed by atoms with Gasteiger partial charge in [-0.2, -0.15) is 0 Å². The maximum Gasteiger partial charge on any atom is 0.0802 e. The minimum absolute atomic E-state index is 0.851. The zero-order chi connectivity index (χ0) is 12.0. The number of nitrogens with zero attached hydrogens (tertiary/aromatic N) is 1. The van der Waals surface area contributed by atoms with Crippen LogP contribution in [0.5, 0.6) is 0 Å². The van der Waals surface area contributed by atoms with Gasteiger partial charge in [0.05, 0.1) is 11.4 Å². The second-order valence-electron chi connectivity index (χ2n) is 3.48. The fourth-order valence-corrected chi connectivity index (χ4v) is 1.64. The summed E-state index contributed by atoms with van der Waals surface area (Å²) in [5.41, 5.74) is 3.93. The number of allylic oxidation sites excluding steroid dienone is 5. The van der Waals surface area contributed by atoms with E-state index in [-0.39, 0.29) is 0 Å². The Morgan fingerprint density at radius 2 is 2.19 bits per heavy atom. The molecule has 0 spiro atoms. The Morgan fingerprint density at radius 3 is 2.75 bits per heavy atom. The molecule has 0 radical (unpaired) electrons. The van der Waals surface area contributed by atoms with E-state index in [1.165, 1.54) is 0 Å². The van der Waals surface area contributed by atoms with Crippen molar-refractivity contribution in [3.63, 3.8) is 0 Å². The summed E-state index contributed by atoms with van der Waals surface area (Å²) in [5.74, 6) is 0. The van der Waals surface area contributed by atoms with E-state index in [9.17, 15) is 0 Å². The summed E-state index contributed by atoms with van der Waals surface area (Å²) in [5, 5.41) is 3.24. The smallest absolute Gasteiger partial charge is 0.0802 e. The topological polar surface area (TPSA) is 24.4 Å². The van der Waals surface area contributed by atoms with Gasteiger partial charge in [0.2, 0.25) is 0 Å². The monoisotopic (exact) mass is 214 g/mol. The number of nitrogens with one attached hydrogen (secondary N) is 1. The van der Waals surface area contributed by atoms with E-state index in [1.54, 1.807) is 19.2 Å². The molecule has 0 saturated carbocycles. The Labute approximate surface area is 97.5 Å². The van der Waals surface area contributed by atoms with E-state index in [0.717, 1.165) is 35.4 Å². The van der Waals surface area contributed by atoms with Gasteiger partial charge < -0.3 is 5.32 Å². The standard InChI is InChI=1S/C14H18N2/c1-5-11(3)12-9-7-8-10-16-14(12)13(6-2)15-4/h5-6,8,10,16H,1-3,7,9H2,4H3. The largest absolute Gasteiger partial charge is 0.360 e. The first kappa shape index (κ1) is 12.2. The van der Waals surface area contributed by atoms with Crippen LogP contribution in [0.25, 0.3) is 0 Å². The maximum atomic E-state index is 4.21. The van der Waals surface area contributed by atoms with E-state index in [1.807, 2.05) is 6.20 Å². The summed E-state index contributed by atoms with van der Waals surface area (Å²) in [6.45, 7) is 11.5. The molecule has 0 aromatic carbocycles. The van der Waals surface area contributed by atoms with Crippen molar-refractivity contribution >= 4 is 5.71 Å². The molecule has 1 heterocycles. The summed E-state index contributed by atoms with van der Waals surface area (Å²) < 4.78 is 0. The third kappa shape index (κ3) is 2.60. The van der Waals surface area contributed by atoms with Crippen LogP contribution in [-0.2, 0) is 0 Å². The van der Waals surface area contributed by atoms with E-state index in [2.05, 4.69) is 36.1 Å². The SMILES string of the molecule is C=CC(=C)C1=C(C(C=C)=NC)NC=CCC1. The van der Waals surface area contributed by atoms with Crippen molar-refractivity contribution in [3.05, 3.63) is 61.0 Å². The lowest BCUT2D eigenvalue weighted by atomic mass is 9.98. The normalized spacial score (nSPS) is 16.4. The quantitative estimate of drug-likeness (QED) is 0.564. The predicted molar refractivity (Wildman–Crippen MR) is 71.4 cm³/mol. The first-order valence-electron chi connectivity index (χ1n) is 5.30. The molecule has 0 unspecified atom stereocenters. The number of hydrogen-bond acceptors (Lipinski definition) is 2. The van der Waals surface area contributed by atoms with Crippen LogP contribution in [0.2, 0.25) is 0 Å². The van der Waals surface area contributed by atoms with E-state index in [0.29, 0.717) is 0 Å². The lowest BCUT2D eigenvalue weighted by molar-refractivity contribution is 0.991. The van der Waals surface area contributed by atoms with Gasteiger partial charge in [-0.25, -0.2) is 0 Å². The van der Waals surface area contributed by atoms with Gasteiger partial charge in [0.15, 0.2) is 0 Å². The number of hydrogen-bond donors (Lipinski definition) is 1. The van der Waals surface area contributed by atoms with Crippen LogP contribution in [0.4, 0.5) is 0 Å².